The van der Waals surface area contributed by atoms with Gasteiger partial charge < -0.3 is 14.8 Å². The second-order valence-corrected chi connectivity index (χ2v) is 7.21. The van der Waals surface area contributed by atoms with E-state index in [2.05, 4.69) is 10.2 Å². The van der Waals surface area contributed by atoms with Crippen LogP contribution in [0.25, 0.3) is 0 Å². The Balaban J connectivity index is 1.26. The van der Waals surface area contributed by atoms with Gasteiger partial charge in [0.25, 0.3) is 0 Å². The molecule has 0 spiro atoms. The number of hydrogen-bond donors (Lipinski definition) is 1. The molecule has 1 heterocycles. The Morgan fingerprint density at radius 1 is 1.13 bits per heavy atom. The normalized spacial score (nSPS) is 29.4. The first-order chi connectivity index (χ1) is 11.3. The highest BCUT2D eigenvalue weighted by molar-refractivity contribution is 5.78. The largest absolute Gasteiger partial charge is 0.378 e. The molecule has 3 aliphatic rings. The lowest BCUT2D eigenvalue weighted by Gasteiger charge is -2.37. The number of rotatable bonds is 7. The van der Waals surface area contributed by atoms with Crippen LogP contribution in [0.4, 0.5) is 0 Å². The molecule has 5 heteroatoms. The number of carbonyl (C=O) groups excluding carboxylic acids is 1. The third kappa shape index (κ3) is 5.16. The summed E-state index contributed by atoms with van der Waals surface area (Å²) in [6, 6.07) is 0.462. The van der Waals surface area contributed by atoms with Crippen molar-refractivity contribution in [1.82, 2.24) is 10.2 Å². The molecule has 0 unspecified atom stereocenters. The van der Waals surface area contributed by atoms with Crippen molar-refractivity contribution in [3.63, 3.8) is 0 Å². The van der Waals surface area contributed by atoms with E-state index in [1.54, 1.807) is 0 Å². The average Bonchev–Trinajstić information content (AvgIpc) is 3.05. The number of amides is 1. The van der Waals surface area contributed by atoms with Crippen molar-refractivity contribution in [1.29, 1.82) is 0 Å². The highest BCUT2D eigenvalue weighted by Gasteiger charge is 2.36. The molecule has 132 valence electrons. The summed E-state index contributed by atoms with van der Waals surface area (Å²) in [5.74, 6) is 0.148. The van der Waals surface area contributed by atoms with Crippen LogP contribution in [0.15, 0.2) is 0 Å². The van der Waals surface area contributed by atoms with Crippen molar-refractivity contribution < 1.29 is 14.3 Å². The minimum atomic E-state index is 0.148. The molecule has 1 amide bonds. The molecule has 1 N–H and O–H groups in total. The molecule has 3 rings (SSSR count). The lowest BCUT2D eigenvalue weighted by Crippen LogP contribution is -2.51. The fourth-order valence-corrected chi connectivity index (χ4v) is 4.22. The fraction of sp³-hybridized carbons (Fsp3) is 0.944. The third-order valence-corrected chi connectivity index (χ3v) is 5.49. The Morgan fingerprint density at radius 2 is 2.00 bits per heavy atom. The van der Waals surface area contributed by atoms with Crippen LogP contribution < -0.4 is 5.32 Å². The van der Waals surface area contributed by atoms with Crippen LogP contribution in [0.2, 0.25) is 0 Å². The third-order valence-electron chi connectivity index (χ3n) is 5.49. The molecule has 1 aliphatic heterocycles. The van der Waals surface area contributed by atoms with Gasteiger partial charge in [0.15, 0.2) is 0 Å². The molecular weight excluding hydrogens is 292 g/mol. The summed E-state index contributed by atoms with van der Waals surface area (Å²) in [6.45, 7) is 3.67. The molecule has 2 saturated carbocycles. The first-order valence-electron chi connectivity index (χ1n) is 9.57. The van der Waals surface area contributed by atoms with Gasteiger partial charge in [0.05, 0.1) is 25.4 Å². The van der Waals surface area contributed by atoms with E-state index in [1.807, 2.05) is 0 Å². The smallest absolute Gasteiger partial charge is 0.234 e. The van der Waals surface area contributed by atoms with Crippen LogP contribution in [-0.2, 0) is 14.3 Å². The van der Waals surface area contributed by atoms with Crippen molar-refractivity contribution in [3.05, 3.63) is 0 Å². The van der Waals surface area contributed by atoms with Gasteiger partial charge in [-0.1, -0.05) is 19.3 Å². The lowest BCUT2D eigenvalue weighted by atomic mass is 9.98. The van der Waals surface area contributed by atoms with E-state index in [1.165, 1.54) is 44.9 Å². The van der Waals surface area contributed by atoms with E-state index in [0.717, 1.165) is 39.1 Å². The van der Waals surface area contributed by atoms with Gasteiger partial charge in [-0.05, 0) is 38.5 Å². The van der Waals surface area contributed by atoms with Gasteiger partial charge in [-0.25, -0.2) is 0 Å². The zero-order chi connectivity index (χ0) is 15.9. The van der Waals surface area contributed by atoms with E-state index in [4.69, 9.17) is 9.47 Å². The summed E-state index contributed by atoms with van der Waals surface area (Å²) in [4.78, 5) is 14.4. The minimum Gasteiger partial charge on any atom is -0.378 e. The van der Waals surface area contributed by atoms with Crippen LogP contribution in [0.1, 0.15) is 57.8 Å². The van der Waals surface area contributed by atoms with Crippen molar-refractivity contribution in [2.24, 2.45) is 0 Å². The monoisotopic (exact) mass is 324 g/mol. The fourth-order valence-electron chi connectivity index (χ4n) is 4.22. The molecule has 0 bridgehead atoms. The Bertz CT molecular complexity index is 371. The molecule has 0 aromatic carbocycles. The SMILES string of the molecule is O=C(CN1CCO[C@@H]2CCC[C@@H]21)NCCCOC1CCCCC1. The second-order valence-electron chi connectivity index (χ2n) is 7.21. The predicted molar refractivity (Wildman–Crippen MR) is 89.4 cm³/mol. The van der Waals surface area contributed by atoms with Crippen LogP contribution in [-0.4, -0.2) is 61.9 Å². The second kappa shape index (κ2) is 9.00. The van der Waals surface area contributed by atoms with Gasteiger partial charge in [-0.15, -0.1) is 0 Å². The van der Waals surface area contributed by atoms with Crippen LogP contribution >= 0.6 is 0 Å². The van der Waals surface area contributed by atoms with E-state index in [-0.39, 0.29) is 5.91 Å². The summed E-state index contributed by atoms with van der Waals surface area (Å²) >= 11 is 0. The average molecular weight is 324 g/mol. The maximum atomic E-state index is 12.1. The molecule has 23 heavy (non-hydrogen) atoms. The molecular formula is C18H32N2O3. The highest BCUT2D eigenvalue weighted by Crippen LogP contribution is 2.29. The van der Waals surface area contributed by atoms with E-state index in [0.29, 0.717) is 24.8 Å². The minimum absolute atomic E-state index is 0.148. The number of fused-ring (bicyclic) bond motifs is 1. The zero-order valence-corrected chi connectivity index (χ0v) is 14.3. The van der Waals surface area contributed by atoms with Crippen molar-refractivity contribution in [3.8, 4) is 0 Å². The van der Waals surface area contributed by atoms with E-state index >= 15 is 0 Å². The summed E-state index contributed by atoms with van der Waals surface area (Å²) < 4.78 is 11.7. The Morgan fingerprint density at radius 3 is 2.87 bits per heavy atom. The van der Waals surface area contributed by atoms with E-state index < -0.39 is 0 Å². The Labute approximate surface area is 140 Å². The van der Waals surface area contributed by atoms with Crippen molar-refractivity contribution in [2.75, 3.05) is 32.8 Å². The van der Waals surface area contributed by atoms with Crippen molar-refractivity contribution in [2.45, 2.75) is 76.0 Å². The van der Waals surface area contributed by atoms with Gasteiger partial charge in [-0.3, -0.25) is 9.69 Å². The predicted octanol–water partition coefficient (Wildman–Crippen LogP) is 2.10. The standard InChI is InChI=1S/C18H32N2O3/c21-18(14-20-11-13-23-17-9-4-8-16(17)20)19-10-5-12-22-15-6-2-1-3-7-15/h15-17H,1-14H2,(H,19,21)/t16-,17+/m0/s1. The quantitative estimate of drug-likeness (QED) is 0.729. The number of hydrogen-bond acceptors (Lipinski definition) is 4. The summed E-state index contributed by atoms with van der Waals surface area (Å²) in [5.41, 5.74) is 0. The molecule has 5 nitrogen and oxygen atoms in total. The highest BCUT2D eigenvalue weighted by atomic mass is 16.5. The molecule has 3 fully saturated rings. The first kappa shape index (κ1) is 17.2. The number of morpholine rings is 1. The number of nitrogens with zero attached hydrogens (tertiary/aromatic N) is 1. The topological polar surface area (TPSA) is 50.8 Å². The van der Waals surface area contributed by atoms with Gasteiger partial charge in [0.2, 0.25) is 5.91 Å². The summed E-state index contributed by atoms with van der Waals surface area (Å²) in [5, 5.41) is 3.05. The molecule has 0 aromatic heterocycles. The molecule has 2 aliphatic carbocycles. The van der Waals surface area contributed by atoms with Crippen LogP contribution in [0, 0.1) is 0 Å². The zero-order valence-electron chi connectivity index (χ0n) is 14.3. The maximum absolute atomic E-state index is 12.1. The number of ether oxygens (including phenoxy) is 2. The number of carbonyl (C=O) groups is 1. The molecule has 1 saturated heterocycles. The van der Waals surface area contributed by atoms with Crippen LogP contribution in [0.5, 0.6) is 0 Å². The lowest BCUT2D eigenvalue weighted by molar-refractivity contribution is -0.126. The van der Waals surface area contributed by atoms with Crippen LogP contribution in [0.3, 0.4) is 0 Å². The Kier molecular flexibility index (Phi) is 6.72. The first-order valence-corrected chi connectivity index (χ1v) is 9.57. The van der Waals surface area contributed by atoms with Gasteiger partial charge in [0.1, 0.15) is 0 Å². The molecule has 2 atom stereocenters. The van der Waals surface area contributed by atoms with Gasteiger partial charge in [0, 0.05) is 25.7 Å². The van der Waals surface area contributed by atoms with Crippen molar-refractivity contribution >= 4 is 5.91 Å². The van der Waals surface area contributed by atoms with E-state index in [9.17, 15) is 4.79 Å². The summed E-state index contributed by atoms with van der Waals surface area (Å²) in [7, 11) is 0. The Hall–Kier alpha value is -0.650. The molecule has 0 radical (unpaired) electrons. The van der Waals surface area contributed by atoms with Gasteiger partial charge >= 0.3 is 0 Å². The maximum Gasteiger partial charge on any atom is 0.234 e. The van der Waals surface area contributed by atoms with Gasteiger partial charge in [-0.2, -0.15) is 0 Å². The molecule has 0 aromatic rings. The summed E-state index contributed by atoms with van der Waals surface area (Å²) in [6.07, 6.45) is 11.7. The number of nitrogens with one attached hydrogen (secondary N) is 1.